The van der Waals surface area contributed by atoms with Gasteiger partial charge in [0.15, 0.2) is 0 Å². The summed E-state index contributed by atoms with van der Waals surface area (Å²) in [5, 5.41) is 10.3. The van der Waals surface area contributed by atoms with E-state index in [9.17, 15) is 18.7 Å². The maximum atomic E-state index is 15.9. The third-order valence-corrected chi connectivity index (χ3v) is 6.94. The first-order valence-electron chi connectivity index (χ1n) is 10.3. The Morgan fingerprint density at radius 2 is 1.80 bits per heavy atom. The predicted molar refractivity (Wildman–Crippen MR) is 105 cm³/mol. The molecule has 0 radical (unpaired) electrons. The molecule has 1 amide bonds. The number of amides is 1. The standard InChI is InChI=1S/C23H23F3N2O2/c24-16-6-3-7-17(25)19(16)13-4-1-2-5-14(13)23(26)12-15(23)21(29)28-11-8-18(28)20(27)22(30)9-10-22/h1-7,15,18,20,30H,8-12,27H2/t15-,18-,20?,23+/m0/s1. The van der Waals surface area contributed by atoms with Crippen molar-refractivity contribution in [3.05, 3.63) is 59.7 Å². The molecule has 1 unspecified atom stereocenters. The molecule has 0 aromatic heterocycles. The van der Waals surface area contributed by atoms with E-state index < -0.39 is 34.9 Å². The molecule has 3 fully saturated rings. The van der Waals surface area contributed by atoms with Gasteiger partial charge < -0.3 is 15.7 Å². The highest BCUT2D eigenvalue weighted by Crippen LogP contribution is 2.59. The van der Waals surface area contributed by atoms with Crippen LogP contribution in [0.3, 0.4) is 0 Å². The van der Waals surface area contributed by atoms with Crippen LogP contribution in [0.2, 0.25) is 0 Å². The number of hydrogen-bond acceptors (Lipinski definition) is 3. The minimum Gasteiger partial charge on any atom is -0.388 e. The molecule has 1 saturated heterocycles. The number of hydrogen-bond donors (Lipinski definition) is 2. The number of nitrogens with zero attached hydrogens (tertiary/aromatic N) is 1. The average molecular weight is 416 g/mol. The zero-order chi connectivity index (χ0) is 21.3. The predicted octanol–water partition coefficient (Wildman–Crippen LogP) is 3.27. The van der Waals surface area contributed by atoms with Crippen LogP contribution in [0.25, 0.3) is 11.1 Å². The number of halogens is 3. The number of likely N-dealkylation sites (tertiary alicyclic amines) is 1. The summed E-state index contributed by atoms with van der Waals surface area (Å²) in [5.41, 5.74) is 3.21. The van der Waals surface area contributed by atoms with E-state index in [0.29, 0.717) is 25.8 Å². The number of carbonyl (C=O) groups excluding carboxylic acids is 1. The van der Waals surface area contributed by atoms with Gasteiger partial charge in [0.1, 0.15) is 17.3 Å². The van der Waals surface area contributed by atoms with Crippen molar-refractivity contribution in [2.75, 3.05) is 6.54 Å². The van der Waals surface area contributed by atoms with Gasteiger partial charge in [-0.1, -0.05) is 30.3 Å². The summed E-state index contributed by atoms with van der Waals surface area (Å²) in [6, 6.07) is 8.83. The number of rotatable bonds is 5. The Morgan fingerprint density at radius 3 is 2.40 bits per heavy atom. The first-order valence-corrected chi connectivity index (χ1v) is 10.3. The SMILES string of the molecule is NC([C@@H]1CCN1C(=O)[C@@H]1C[C@@]1(F)c1ccccc1-c1c(F)cccc1F)C1(O)CC1. The number of alkyl halides is 1. The molecule has 4 atom stereocenters. The summed E-state index contributed by atoms with van der Waals surface area (Å²) in [6.45, 7) is 0.476. The molecule has 158 valence electrons. The lowest BCUT2D eigenvalue weighted by Crippen LogP contribution is -2.63. The van der Waals surface area contributed by atoms with E-state index in [1.807, 2.05) is 0 Å². The van der Waals surface area contributed by atoms with Crippen molar-refractivity contribution in [1.29, 1.82) is 0 Å². The fraction of sp³-hybridized carbons (Fsp3) is 0.435. The van der Waals surface area contributed by atoms with Gasteiger partial charge in [-0.15, -0.1) is 0 Å². The van der Waals surface area contributed by atoms with Gasteiger partial charge in [-0.3, -0.25) is 4.79 Å². The molecule has 2 aliphatic carbocycles. The van der Waals surface area contributed by atoms with Crippen LogP contribution in [0.15, 0.2) is 42.5 Å². The highest BCUT2D eigenvalue weighted by Gasteiger charge is 2.64. The van der Waals surface area contributed by atoms with Crippen LogP contribution in [0.5, 0.6) is 0 Å². The van der Waals surface area contributed by atoms with Crippen LogP contribution in [0.1, 0.15) is 31.2 Å². The number of benzene rings is 2. The lowest BCUT2D eigenvalue weighted by Gasteiger charge is -2.46. The Hall–Kier alpha value is -2.38. The quantitative estimate of drug-likeness (QED) is 0.786. The summed E-state index contributed by atoms with van der Waals surface area (Å²) in [4.78, 5) is 14.6. The van der Waals surface area contributed by atoms with Gasteiger partial charge in [0.05, 0.1) is 29.2 Å². The number of aliphatic hydroxyl groups is 1. The van der Waals surface area contributed by atoms with Crippen molar-refractivity contribution in [3.63, 3.8) is 0 Å². The van der Waals surface area contributed by atoms with Gasteiger partial charge in [0.25, 0.3) is 0 Å². The summed E-state index contributed by atoms with van der Waals surface area (Å²) in [7, 11) is 0. The van der Waals surface area contributed by atoms with E-state index in [1.54, 1.807) is 17.0 Å². The minimum absolute atomic E-state index is 0.0400. The van der Waals surface area contributed by atoms with Gasteiger partial charge >= 0.3 is 0 Å². The third-order valence-electron chi connectivity index (χ3n) is 6.94. The zero-order valence-corrected chi connectivity index (χ0v) is 16.3. The molecular weight excluding hydrogens is 393 g/mol. The second kappa shape index (κ2) is 6.56. The smallest absolute Gasteiger partial charge is 0.229 e. The average Bonchev–Trinajstić information content (AvgIpc) is 3.59. The lowest BCUT2D eigenvalue weighted by molar-refractivity contribution is -0.143. The van der Waals surface area contributed by atoms with Gasteiger partial charge in [0, 0.05) is 13.0 Å². The van der Waals surface area contributed by atoms with Crippen LogP contribution >= 0.6 is 0 Å². The summed E-state index contributed by atoms with van der Waals surface area (Å²) < 4.78 is 44.6. The topological polar surface area (TPSA) is 66.6 Å². The van der Waals surface area contributed by atoms with Gasteiger partial charge in [0.2, 0.25) is 5.91 Å². The second-order valence-corrected chi connectivity index (χ2v) is 8.78. The zero-order valence-electron chi connectivity index (χ0n) is 16.3. The Balaban J connectivity index is 1.42. The molecule has 2 aromatic carbocycles. The molecule has 1 heterocycles. The van der Waals surface area contributed by atoms with Gasteiger partial charge in [-0.25, -0.2) is 13.2 Å². The maximum absolute atomic E-state index is 15.9. The summed E-state index contributed by atoms with van der Waals surface area (Å²) in [5.74, 6) is -2.82. The minimum atomic E-state index is -1.98. The molecule has 7 heteroatoms. The second-order valence-electron chi connectivity index (χ2n) is 8.78. The first kappa shape index (κ1) is 19.6. The van der Waals surface area contributed by atoms with Crippen LogP contribution in [0, 0.1) is 17.6 Å². The van der Waals surface area contributed by atoms with Gasteiger partial charge in [-0.05, 0) is 42.5 Å². The molecule has 0 bridgehead atoms. The molecule has 5 rings (SSSR count). The van der Waals surface area contributed by atoms with E-state index in [1.165, 1.54) is 18.2 Å². The van der Waals surface area contributed by atoms with Crippen LogP contribution in [-0.2, 0) is 10.5 Å². The van der Waals surface area contributed by atoms with Crippen molar-refractivity contribution in [2.24, 2.45) is 11.7 Å². The van der Waals surface area contributed by atoms with E-state index in [4.69, 9.17) is 5.73 Å². The highest BCUT2D eigenvalue weighted by atomic mass is 19.1. The highest BCUT2D eigenvalue weighted by molar-refractivity contribution is 5.86. The molecular formula is C23H23F3N2O2. The number of carbonyl (C=O) groups is 1. The fourth-order valence-corrected chi connectivity index (χ4v) is 4.71. The summed E-state index contributed by atoms with van der Waals surface area (Å²) in [6.07, 6.45) is 1.87. The van der Waals surface area contributed by atoms with Crippen molar-refractivity contribution >= 4 is 5.91 Å². The third kappa shape index (κ3) is 2.87. The van der Waals surface area contributed by atoms with Crippen LogP contribution in [-0.4, -0.2) is 40.1 Å². The van der Waals surface area contributed by atoms with E-state index in [0.717, 1.165) is 12.1 Å². The van der Waals surface area contributed by atoms with E-state index in [2.05, 4.69) is 0 Å². The first-order chi connectivity index (χ1) is 14.3. The molecule has 2 aromatic rings. The molecule has 3 aliphatic rings. The van der Waals surface area contributed by atoms with E-state index >= 15 is 4.39 Å². The summed E-state index contributed by atoms with van der Waals surface area (Å²) >= 11 is 0. The lowest BCUT2D eigenvalue weighted by atomic mass is 9.89. The monoisotopic (exact) mass is 416 g/mol. The van der Waals surface area contributed by atoms with Gasteiger partial charge in [-0.2, -0.15) is 0 Å². The van der Waals surface area contributed by atoms with Crippen molar-refractivity contribution < 1.29 is 23.1 Å². The Morgan fingerprint density at radius 1 is 1.13 bits per heavy atom. The molecule has 30 heavy (non-hydrogen) atoms. The molecule has 4 nitrogen and oxygen atoms in total. The molecule has 2 saturated carbocycles. The number of nitrogens with two attached hydrogens (primary N) is 1. The van der Waals surface area contributed by atoms with Crippen molar-refractivity contribution in [2.45, 2.75) is 49.0 Å². The molecule has 1 aliphatic heterocycles. The fourth-order valence-electron chi connectivity index (χ4n) is 4.71. The van der Waals surface area contributed by atoms with E-state index in [-0.39, 0.29) is 35.1 Å². The Bertz CT molecular complexity index is 1010. The molecule has 3 N–H and O–H groups in total. The Labute approximate surface area is 172 Å². The molecule has 0 spiro atoms. The van der Waals surface area contributed by atoms with Crippen LogP contribution < -0.4 is 5.73 Å². The maximum Gasteiger partial charge on any atom is 0.229 e. The van der Waals surface area contributed by atoms with Crippen LogP contribution in [0.4, 0.5) is 13.2 Å². The van der Waals surface area contributed by atoms with Crippen molar-refractivity contribution in [1.82, 2.24) is 4.90 Å². The normalized spacial score (nSPS) is 29.8. The Kier molecular flexibility index (Phi) is 4.28. The van der Waals surface area contributed by atoms with Crippen molar-refractivity contribution in [3.8, 4) is 11.1 Å². The largest absolute Gasteiger partial charge is 0.388 e.